The van der Waals surface area contributed by atoms with Crippen LogP contribution in [-0.4, -0.2) is 54.7 Å². The molecule has 0 aliphatic carbocycles. The van der Waals surface area contributed by atoms with Crippen LogP contribution in [-0.2, 0) is 0 Å². The summed E-state index contributed by atoms with van der Waals surface area (Å²) in [5, 5.41) is 5.95. The molecule has 1 N–H and O–H groups in total. The number of nitrogens with zero attached hydrogens (tertiary/aromatic N) is 2. The van der Waals surface area contributed by atoms with Crippen LogP contribution in [0.1, 0.15) is 17.4 Å². The summed E-state index contributed by atoms with van der Waals surface area (Å²) in [5.41, 5.74) is 1.45. The molecule has 1 amide bonds. The van der Waals surface area contributed by atoms with Crippen LogP contribution < -0.4 is 14.8 Å². The summed E-state index contributed by atoms with van der Waals surface area (Å²) in [6, 6.07) is 5.96. The highest BCUT2D eigenvalue weighted by atomic mass is 32.1. The van der Waals surface area contributed by atoms with Gasteiger partial charge in [0.15, 0.2) is 11.5 Å². The standard InChI is InChI=1S/C17H19N3O3S/c1-11-9-18-4-5-20(11)17(21)13-10-24-16(19-13)12-2-3-14-15(8-12)23-7-6-22-14/h2-3,8,10-11,18H,4-7,9H2,1H3/t11-/m1/s1. The van der Waals surface area contributed by atoms with Crippen molar-refractivity contribution in [2.24, 2.45) is 0 Å². The highest BCUT2D eigenvalue weighted by Crippen LogP contribution is 2.35. The van der Waals surface area contributed by atoms with E-state index in [-0.39, 0.29) is 11.9 Å². The van der Waals surface area contributed by atoms with E-state index in [0.29, 0.717) is 18.9 Å². The Morgan fingerprint density at radius 2 is 2.17 bits per heavy atom. The molecule has 2 aliphatic heterocycles. The van der Waals surface area contributed by atoms with Crippen molar-refractivity contribution in [3.05, 3.63) is 29.3 Å². The second-order valence-electron chi connectivity index (χ2n) is 5.95. The van der Waals surface area contributed by atoms with Crippen LogP contribution in [0, 0.1) is 0 Å². The number of amides is 1. The topological polar surface area (TPSA) is 63.7 Å². The fourth-order valence-corrected chi connectivity index (χ4v) is 3.76. The van der Waals surface area contributed by atoms with E-state index < -0.39 is 0 Å². The van der Waals surface area contributed by atoms with E-state index in [0.717, 1.165) is 41.7 Å². The molecule has 1 fully saturated rings. The van der Waals surface area contributed by atoms with Crippen LogP contribution in [0.3, 0.4) is 0 Å². The lowest BCUT2D eigenvalue weighted by Gasteiger charge is -2.33. The zero-order chi connectivity index (χ0) is 16.5. The molecule has 6 nitrogen and oxygen atoms in total. The largest absolute Gasteiger partial charge is 0.486 e. The van der Waals surface area contributed by atoms with Crippen LogP contribution in [0.2, 0.25) is 0 Å². The lowest BCUT2D eigenvalue weighted by Crippen LogP contribution is -2.52. The van der Waals surface area contributed by atoms with Crippen molar-refractivity contribution in [1.82, 2.24) is 15.2 Å². The first-order chi connectivity index (χ1) is 11.7. The zero-order valence-corrected chi connectivity index (χ0v) is 14.3. The Balaban J connectivity index is 1.57. The van der Waals surface area contributed by atoms with Gasteiger partial charge in [-0.25, -0.2) is 4.98 Å². The molecule has 0 saturated carbocycles. The number of nitrogens with one attached hydrogen (secondary N) is 1. The number of hydrogen-bond acceptors (Lipinski definition) is 6. The molecule has 1 aromatic heterocycles. The van der Waals surface area contributed by atoms with Gasteiger partial charge in [0.2, 0.25) is 0 Å². The molecule has 24 heavy (non-hydrogen) atoms. The van der Waals surface area contributed by atoms with E-state index in [4.69, 9.17) is 9.47 Å². The molecule has 126 valence electrons. The van der Waals surface area contributed by atoms with Crippen molar-refractivity contribution >= 4 is 17.2 Å². The molecule has 4 rings (SSSR count). The van der Waals surface area contributed by atoms with Gasteiger partial charge in [0.25, 0.3) is 5.91 Å². The molecule has 0 spiro atoms. The first-order valence-electron chi connectivity index (χ1n) is 8.09. The third-order valence-corrected chi connectivity index (χ3v) is 5.17. The van der Waals surface area contributed by atoms with Gasteiger partial charge < -0.3 is 19.7 Å². The number of aromatic nitrogens is 1. The van der Waals surface area contributed by atoms with Crippen LogP contribution in [0.25, 0.3) is 10.6 Å². The van der Waals surface area contributed by atoms with E-state index in [2.05, 4.69) is 17.2 Å². The molecule has 2 aromatic rings. The van der Waals surface area contributed by atoms with Crippen molar-refractivity contribution in [3.63, 3.8) is 0 Å². The van der Waals surface area contributed by atoms with Crippen LogP contribution in [0.5, 0.6) is 11.5 Å². The highest BCUT2D eigenvalue weighted by molar-refractivity contribution is 7.13. The Kier molecular flexibility index (Phi) is 4.12. The van der Waals surface area contributed by atoms with E-state index in [9.17, 15) is 4.79 Å². The Morgan fingerprint density at radius 1 is 1.33 bits per heavy atom. The normalized spacial score (nSPS) is 20.0. The van der Waals surface area contributed by atoms with Crippen molar-refractivity contribution < 1.29 is 14.3 Å². The van der Waals surface area contributed by atoms with Crippen molar-refractivity contribution in [2.75, 3.05) is 32.8 Å². The summed E-state index contributed by atoms with van der Waals surface area (Å²) in [7, 11) is 0. The SMILES string of the molecule is C[C@@H]1CNCCN1C(=O)c1csc(-c2ccc3c(c2)OCCO3)n1. The maximum absolute atomic E-state index is 12.7. The molecule has 7 heteroatoms. The average molecular weight is 345 g/mol. The van der Waals surface area contributed by atoms with E-state index in [1.54, 1.807) is 0 Å². The smallest absolute Gasteiger partial charge is 0.273 e. The molecular weight excluding hydrogens is 326 g/mol. The monoisotopic (exact) mass is 345 g/mol. The average Bonchev–Trinajstić information content (AvgIpc) is 3.11. The number of fused-ring (bicyclic) bond motifs is 1. The number of piperazine rings is 1. The lowest BCUT2D eigenvalue weighted by molar-refractivity contribution is 0.0650. The number of ether oxygens (including phenoxy) is 2. The second kappa shape index (κ2) is 6.41. The molecule has 0 bridgehead atoms. The maximum Gasteiger partial charge on any atom is 0.273 e. The molecule has 1 saturated heterocycles. The maximum atomic E-state index is 12.7. The van der Waals surface area contributed by atoms with Gasteiger partial charge in [-0.2, -0.15) is 0 Å². The minimum atomic E-state index is 0.00374. The number of carbonyl (C=O) groups is 1. The van der Waals surface area contributed by atoms with Crippen LogP contribution >= 0.6 is 11.3 Å². The molecule has 3 heterocycles. The molecular formula is C17H19N3O3S. The second-order valence-corrected chi connectivity index (χ2v) is 6.81. The fraction of sp³-hybridized carbons (Fsp3) is 0.412. The molecule has 0 radical (unpaired) electrons. The van der Waals surface area contributed by atoms with Gasteiger partial charge in [-0.15, -0.1) is 11.3 Å². The number of hydrogen-bond donors (Lipinski definition) is 1. The first kappa shape index (κ1) is 15.4. The van der Waals surface area contributed by atoms with E-state index in [1.807, 2.05) is 28.5 Å². The van der Waals surface area contributed by atoms with Gasteiger partial charge in [-0.05, 0) is 25.1 Å². The van der Waals surface area contributed by atoms with Crippen molar-refractivity contribution in [3.8, 4) is 22.1 Å². The number of benzene rings is 1. The predicted octanol–water partition coefficient (Wildman–Crippen LogP) is 2.02. The zero-order valence-electron chi connectivity index (χ0n) is 13.4. The Bertz CT molecular complexity index is 761. The molecule has 2 aliphatic rings. The van der Waals surface area contributed by atoms with E-state index >= 15 is 0 Å². The van der Waals surface area contributed by atoms with Crippen molar-refractivity contribution in [1.29, 1.82) is 0 Å². The van der Waals surface area contributed by atoms with Crippen LogP contribution in [0.4, 0.5) is 0 Å². The molecule has 0 unspecified atom stereocenters. The number of rotatable bonds is 2. The quantitative estimate of drug-likeness (QED) is 0.902. The summed E-state index contributed by atoms with van der Waals surface area (Å²) >= 11 is 1.48. The predicted molar refractivity (Wildman–Crippen MR) is 91.9 cm³/mol. The number of thiazole rings is 1. The van der Waals surface area contributed by atoms with Gasteiger partial charge in [-0.1, -0.05) is 0 Å². The minimum absolute atomic E-state index is 0.00374. The Morgan fingerprint density at radius 3 is 3.00 bits per heavy atom. The summed E-state index contributed by atoms with van der Waals surface area (Å²) in [4.78, 5) is 19.1. The third-order valence-electron chi connectivity index (χ3n) is 4.27. The minimum Gasteiger partial charge on any atom is -0.486 e. The van der Waals surface area contributed by atoms with Crippen LogP contribution in [0.15, 0.2) is 23.6 Å². The van der Waals surface area contributed by atoms with Gasteiger partial charge >= 0.3 is 0 Å². The highest BCUT2D eigenvalue weighted by Gasteiger charge is 2.26. The summed E-state index contributed by atoms with van der Waals surface area (Å²) < 4.78 is 11.2. The molecule has 1 atom stereocenters. The summed E-state index contributed by atoms with van der Waals surface area (Å²) in [6.07, 6.45) is 0. The number of carbonyl (C=O) groups excluding carboxylic acids is 1. The van der Waals surface area contributed by atoms with Crippen molar-refractivity contribution in [2.45, 2.75) is 13.0 Å². The first-order valence-corrected chi connectivity index (χ1v) is 8.97. The third kappa shape index (κ3) is 2.85. The van der Waals surface area contributed by atoms with Gasteiger partial charge in [0, 0.05) is 36.6 Å². The lowest BCUT2D eigenvalue weighted by atomic mass is 10.2. The fourth-order valence-electron chi connectivity index (χ4n) is 2.97. The Hall–Kier alpha value is -2.12. The van der Waals surface area contributed by atoms with Gasteiger partial charge in [0.05, 0.1) is 0 Å². The Labute approximate surface area is 144 Å². The summed E-state index contributed by atoms with van der Waals surface area (Å²) in [5.74, 6) is 1.49. The van der Waals surface area contributed by atoms with Gasteiger partial charge in [0.1, 0.15) is 23.9 Å². The molecule has 1 aromatic carbocycles. The van der Waals surface area contributed by atoms with E-state index in [1.165, 1.54) is 11.3 Å². The van der Waals surface area contributed by atoms with Gasteiger partial charge in [-0.3, -0.25) is 4.79 Å². The summed E-state index contributed by atoms with van der Waals surface area (Å²) in [6.45, 7) is 5.55.